The van der Waals surface area contributed by atoms with E-state index in [1.165, 1.54) is 12.8 Å². The number of rotatable bonds is 9. The molecule has 5 nitrogen and oxygen atoms in total. The summed E-state index contributed by atoms with van der Waals surface area (Å²) in [5.74, 6) is 0.00164. The number of para-hydroxylation sites is 1. The van der Waals surface area contributed by atoms with E-state index in [4.69, 9.17) is 4.74 Å². The zero-order valence-electron chi connectivity index (χ0n) is 13.8. The number of aliphatic carboxylic acids is 1. The van der Waals surface area contributed by atoms with E-state index in [1.807, 2.05) is 19.9 Å². The van der Waals surface area contributed by atoms with Crippen molar-refractivity contribution in [1.82, 2.24) is 5.32 Å². The van der Waals surface area contributed by atoms with Crippen molar-refractivity contribution in [3.8, 4) is 5.75 Å². The van der Waals surface area contributed by atoms with Crippen molar-refractivity contribution in [2.24, 2.45) is 11.3 Å². The lowest BCUT2D eigenvalue weighted by Crippen LogP contribution is -2.42. The molecular weight excluding hydrogens is 294 g/mol. The second kappa shape index (κ2) is 7.49. The molecule has 2 N–H and O–H groups in total. The highest BCUT2D eigenvalue weighted by atomic mass is 16.5. The molecule has 126 valence electrons. The van der Waals surface area contributed by atoms with Gasteiger partial charge in [-0.3, -0.25) is 9.59 Å². The lowest BCUT2D eigenvalue weighted by Gasteiger charge is -2.27. The minimum Gasteiger partial charge on any atom is -0.492 e. The fraction of sp³-hybridized carbons (Fsp3) is 0.556. The van der Waals surface area contributed by atoms with Crippen LogP contribution < -0.4 is 10.1 Å². The maximum absolute atomic E-state index is 12.4. The van der Waals surface area contributed by atoms with Gasteiger partial charge < -0.3 is 15.2 Å². The highest BCUT2D eigenvalue weighted by molar-refractivity contribution is 5.97. The van der Waals surface area contributed by atoms with Crippen LogP contribution in [0.1, 0.15) is 49.9 Å². The summed E-state index contributed by atoms with van der Waals surface area (Å²) in [6, 6.07) is 7.10. The predicted octanol–water partition coefficient (Wildman–Crippen LogP) is 3.10. The number of carbonyl (C=O) groups excluding carboxylic acids is 1. The zero-order valence-corrected chi connectivity index (χ0v) is 13.8. The largest absolute Gasteiger partial charge is 0.492 e. The lowest BCUT2D eigenvalue weighted by atomic mass is 9.82. The van der Waals surface area contributed by atoms with E-state index in [0.29, 0.717) is 36.7 Å². The van der Waals surface area contributed by atoms with Crippen molar-refractivity contribution in [3.63, 3.8) is 0 Å². The molecular formula is C18H25NO4. The second-order valence-corrected chi connectivity index (χ2v) is 6.23. The number of hydrogen-bond acceptors (Lipinski definition) is 3. The molecule has 1 fully saturated rings. The van der Waals surface area contributed by atoms with E-state index in [9.17, 15) is 14.7 Å². The standard InChI is InChI=1S/C18H25NO4/c1-3-18(4-2,17(21)22)12-19-16(20)14-7-5-6-8-15(14)23-11-13-9-10-13/h5-8,13H,3-4,9-12H2,1-2H3,(H,19,20)(H,21,22). The Balaban J connectivity index is 2.03. The monoisotopic (exact) mass is 319 g/mol. The summed E-state index contributed by atoms with van der Waals surface area (Å²) in [5.41, 5.74) is -0.459. The first-order chi connectivity index (χ1) is 11.0. The van der Waals surface area contributed by atoms with Crippen LogP contribution in [0.2, 0.25) is 0 Å². The summed E-state index contributed by atoms with van der Waals surface area (Å²) < 4.78 is 5.74. The molecule has 2 rings (SSSR count). The molecule has 5 heteroatoms. The number of carbonyl (C=O) groups is 2. The summed E-state index contributed by atoms with van der Waals surface area (Å²) in [6.45, 7) is 4.41. The van der Waals surface area contributed by atoms with Crippen molar-refractivity contribution < 1.29 is 19.4 Å². The molecule has 0 aliphatic heterocycles. The maximum atomic E-state index is 12.4. The third kappa shape index (κ3) is 4.24. The molecule has 1 amide bonds. The first kappa shape index (κ1) is 17.3. The van der Waals surface area contributed by atoms with Crippen LogP contribution in [-0.2, 0) is 4.79 Å². The van der Waals surface area contributed by atoms with Crippen LogP contribution in [-0.4, -0.2) is 30.1 Å². The molecule has 0 aromatic heterocycles. The summed E-state index contributed by atoms with van der Waals surface area (Å²) in [7, 11) is 0. The first-order valence-electron chi connectivity index (χ1n) is 8.26. The van der Waals surface area contributed by atoms with Gasteiger partial charge in [0.15, 0.2) is 0 Å². The first-order valence-corrected chi connectivity index (χ1v) is 8.26. The molecule has 0 heterocycles. The molecule has 1 aliphatic carbocycles. The Kier molecular flexibility index (Phi) is 5.64. The molecule has 0 saturated heterocycles. The summed E-state index contributed by atoms with van der Waals surface area (Å²) in [4.78, 5) is 24.0. The minimum absolute atomic E-state index is 0.116. The van der Waals surface area contributed by atoms with Crippen LogP contribution >= 0.6 is 0 Å². The lowest BCUT2D eigenvalue weighted by molar-refractivity contribution is -0.149. The van der Waals surface area contributed by atoms with Gasteiger partial charge in [0.1, 0.15) is 5.75 Å². The van der Waals surface area contributed by atoms with Crippen LogP contribution in [0.4, 0.5) is 0 Å². The number of carboxylic acids is 1. The van der Waals surface area contributed by atoms with Gasteiger partial charge in [-0.2, -0.15) is 0 Å². The van der Waals surface area contributed by atoms with Crippen LogP contribution in [0, 0.1) is 11.3 Å². The number of nitrogens with one attached hydrogen (secondary N) is 1. The molecule has 0 radical (unpaired) electrons. The fourth-order valence-electron chi connectivity index (χ4n) is 2.50. The van der Waals surface area contributed by atoms with Crippen molar-refractivity contribution in [3.05, 3.63) is 29.8 Å². The molecule has 1 aromatic carbocycles. The van der Waals surface area contributed by atoms with Crippen molar-refractivity contribution in [2.45, 2.75) is 39.5 Å². The van der Waals surface area contributed by atoms with Crippen molar-refractivity contribution in [1.29, 1.82) is 0 Å². The van der Waals surface area contributed by atoms with E-state index >= 15 is 0 Å². The second-order valence-electron chi connectivity index (χ2n) is 6.23. The van der Waals surface area contributed by atoms with E-state index < -0.39 is 11.4 Å². The number of carboxylic acid groups (broad SMARTS) is 1. The van der Waals surface area contributed by atoms with Gasteiger partial charge in [-0.05, 0) is 43.7 Å². The van der Waals surface area contributed by atoms with Gasteiger partial charge in [-0.25, -0.2) is 0 Å². The average Bonchev–Trinajstić information content (AvgIpc) is 3.38. The number of amides is 1. The topological polar surface area (TPSA) is 75.6 Å². The quantitative estimate of drug-likeness (QED) is 0.733. The Labute approximate surface area is 137 Å². The molecule has 1 aliphatic rings. The summed E-state index contributed by atoms with van der Waals surface area (Å²) in [5, 5.41) is 12.2. The molecule has 0 atom stereocenters. The van der Waals surface area contributed by atoms with Gasteiger partial charge in [0.25, 0.3) is 5.91 Å². The number of benzene rings is 1. The summed E-state index contributed by atoms with van der Waals surface area (Å²) >= 11 is 0. The minimum atomic E-state index is -0.917. The third-order valence-corrected chi connectivity index (χ3v) is 4.70. The molecule has 0 unspecified atom stereocenters. The molecule has 1 saturated carbocycles. The molecule has 23 heavy (non-hydrogen) atoms. The smallest absolute Gasteiger partial charge is 0.311 e. The van der Waals surface area contributed by atoms with E-state index in [0.717, 1.165) is 0 Å². The SMILES string of the molecule is CCC(CC)(CNC(=O)c1ccccc1OCC1CC1)C(=O)O. The van der Waals surface area contributed by atoms with E-state index in [1.54, 1.807) is 18.2 Å². The van der Waals surface area contributed by atoms with Crippen LogP contribution in [0.25, 0.3) is 0 Å². The van der Waals surface area contributed by atoms with E-state index in [-0.39, 0.29) is 12.5 Å². The van der Waals surface area contributed by atoms with Crippen LogP contribution in [0.15, 0.2) is 24.3 Å². The normalized spacial score (nSPS) is 14.3. The Bertz CT molecular complexity index is 562. The van der Waals surface area contributed by atoms with Gasteiger partial charge in [-0.1, -0.05) is 26.0 Å². The van der Waals surface area contributed by atoms with Crippen LogP contribution in [0.5, 0.6) is 5.75 Å². The Morgan fingerprint density at radius 3 is 2.48 bits per heavy atom. The van der Waals surface area contributed by atoms with Gasteiger partial charge in [-0.15, -0.1) is 0 Å². The fourth-order valence-corrected chi connectivity index (χ4v) is 2.50. The molecule has 0 bridgehead atoms. The third-order valence-electron chi connectivity index (χ3n) is 4.70. The number of ether oxygens (including phenoxy) is 1. The highest BCUT2D eigenvalue weighted by Crippen LogP contribution is 2.30. The number of hydrogen-bond donors (Lipinski definition) is 2. The Morgan fingerprint density at radius 2 is 1.91 bits per heavy atom. The van der Waals surface area contributed by atoms with Gasteiger partial charge in [0, 0.05) is 6.54 Å². The van der Waals surface area contributed by atoms with Crippen molar-refractivity contribution >= 4 is 11.9 Å². The highest BCUT2D eigenvalue weighted by Gasteiger charge is 2.35. The Morgan fingerprint density at radius 1 is 1.26 bits per heavy atom. The average molecular weight is 319 g/mol. The maximum Gasteiger partial charge on any atom is 0.311 e. The zero-order chi connectivity index (χ0) is 16.9. The van der Waals surface area contributed by atoms with Gasteiger partial charge >= 0.3 is 5.97 Å². The van der Waals surface area contributed by atoms with Crippen molar-refractivity contribution in [2.75, 3.05) is 13.2 Å². The van der Waals surface area contributed by atoms with E-state index in [2.05, 4.69) is 5.32 Å². The molecule has 0 spiro atoms. The Hall–Kier alpha value is -2.04. The molecule has 1 aromatic rings. The predicted molar refractivity (Wildman–Crippen MR) is 87.6 cm³/mol. The van der Waals surface area contributed by atoms with Gasteiger partial charge in [0.05, 0.1) is 17.6 Å². The summed E-state index contributed by atoms with van der Waals surface area (Å²) in [6.07, 6.45) is 3.31. The van der Waals surface area contributed by atoms with Gasteiger partial charge in [0.2, 0.25) is 0 Å². The van der Waals surface area contributed by atoms with Crippen LogP contribution in [0.3, 0.4) is 0 Å².